The lowest BCUT2D eigenvalue weighted by molar-refractivity contribution is -0.137. The Bertz CT molecular complexity index is 847. The zero-order chi connectivity index (χ0) is 16.4. The van der Waals surface area contributed by atoms with Gasteiger partial charge in [0.15, 0.2) is 0 Å². The highest BCUT2D eigenvalue weighted by molar-refractivity contribution is 6.28. The fourth-order valence-corrected chi connectivity index (χ4v) is 2.47. The Morgan fingerprint density at radius 2 is 1.61 bits per heavy atom. The summed E-state index contributed by atoms with van der Waals surface area (Å²) in [5, 5.41) is 0.0867. The maximum absolute atomic E-state index is 13.2. The largest absolute Gasteiger partial charge is 0.417 e. The van der Waals surface area contributed by atoms with Crippen molar-refractivity contribution in [2.75, 3.05) is 0 Å². The smallest absolute Gasteiger partial charge is 0.226 e. The minimum atomic E-state index is -4.41. The van der Waals surface area contributed by atoms with Crippen LogP contribution in [0.15, 0.2) is 60.8 Å². The van der Waals surface area contributed by atoms with E-state index in [1.54, 1.807) is 36.4 Å². The van der Waals surface area contributed by atoms with Crippen LogP contribution in [0.3, 0.4) is 0 Å². The molecule has 0 bridgehead atoms. The van der Waals surface area contributed by atoms with Crippen LogP contribution in [0, 0.1) is 0 Å². The predicted molar refractivity (Wildman–Crippen MR) is 82.9 cm³/mol. The fraction of sp³-hybridized carbons (Fsp3) is 0.0588. The van der Waals surface area contributed by atoms with Crippen LogP contribution >= 0.6 is 11.6 Å². The lowest BCUT2D eigenvalue weighted by atomic mass is 9.97. The van der Waals surface area contributed by atoms with Crippen LogP contribution in [-0.2, 0) is 6.18 Å². The van der Waals surface area contributed by atoms with Gasteiger partial charge in [0.05, 0.1) is 11.3 Å². The first-order valence-electron chi connectivity index (χ1n) is 6.71. The Labute approximate surface area is 135 Å². The Balaban J connectivity index is 2.12. The fourth-order valence-electron chi connectivity index (χ4n) is 2.32. The Kier molecular flexibility index (Phi) is 4.05. The van der Waals surface area contributed by atoms with Gasteiger partial charge in [0.25, 0.3) is 0 Å². The second-order valence-electron chi connectivity index (χ2n) is 4.84. The SMILES string of the molecule is FC(F)(F)c1ccccc1-c1cccc(-c2ccnc(Cl)n2)c1. The molecule has 1 heterocycles. The lowest BCUT2D eigenvalue weighted by Crippen LogP contribution is -2.06. The second kappa shape index (κ2) is 6.01. The van der Waals surface area contributed by atoms with E-state index in [4.69, 9.17) is 11.6 Å². The summed E-state index contributed by atoms with van der Waals surface area (Å²) in [7, 11) is 0. The number of alkyl halides is 3. The van der Waals surface area contributed by atoms with Gasteiger partial charge in [0, 0.05) is 11.8 Å². The molecule has 0 amide bonds. The van der Waals surface area contributed by atoms with Crippen molar-refractivity contribution in [1.29, 1.82) is 0 Å². The van der Waals surface area contributed by atoms with Gasteiger partial charge in [0.1, 0.15) is 0 Å². The van der Waals surface area contributed by atoms with E-state index >= 15 is 0 Å². The highest BCUT2D eigenvalue weighted by Gasteiger charge is 2.33. The van der Waals surface area contributed by atoms with E-state index < -0.39 is 11.7 Å². The van der Waals surface area contributed by atoms with Gasteiger partial charge in [-0.05, 0) is 40.9 Å². The molecule has 3 aromatic rings. The molecule has 0 atom stereocenters. The Morgan fingerprint density at radius 3 is 2.35 bits per heavy atom. The Hall–Kier alpha value is -2.40. The van der Waals surface area contributed by atoms with Crippen LogP contribution in [0.1, 0.15) is 5.56 Å². The minimum absolute atomic E-state index is 0.0867. The summed E-state index contributed by atoms with van der Waals surface area (Å²) in [4.78, 5) is 7.88. The first-order valence-corrected chi connectivity index (χ1v) is 7.08. The van der Waals surface area contributed by atoms with Crippen molar-refractivity contribution in [3.8, 4) is 22.4 Å². The molecule has 2 nitrogen and oxygen atoms in total. The third-order valence-corrected chi connectivity index (χ3v) is 3.51. The average Bonchev–Trinajstić information content (AvgIpc) is 2.54. The van der Waals surface area contributed by atoms with E-state index in [0.717, 1.165) is 6.07 Å². The number of hydrogen-bond donors (Lipinski definition) is 0. The number of hydrogen-bond acceptors (Lipinski definition) is 2. The topological polar surface area (TPSA) is 25.8 Å². The van der Waals surface area contributed by atoms with Gasteiger partial charge >= 0.3 is 6.18 Å². The van der Waals surface area contributed by atoms with Gasteiger partial charge in [-0.2, -0.15) is 13.2 Å². The summed E-state index contributed by atoms with van der Waals surface area (Å²) in [5.41, 5.74) is 1.14. The Morgan fingerprint density at radius 1 is 0.870 bits per heavy atom. The molecule has 23 heavy (non-hydrogen) atoms. The van der Waals surface area contributed by atoms with E-state index in [9.17, 15) is 13.2 Å². The summed E-state index contributed by atoms with van der Waals surface area (Å²) in [6.07, 6.45) is -2.91. The molecule has 6 heteroatoms. The highest BCUT2D eigenvalue weighted by Crippen LogP contribution is 2.37. The van der Waals surface area contributed by atoms with Crippen molar-refractivity contribution >= 4 is 11.6 Å². The maximum atomic E-state index is 13.2. The quantitative estimate of drug-likeness (QED) is 0.580. The van der Waals surface area contributed by atoms with E-state index in [-0.39, 0.29) is 10.8 Å². The molecule has 0 N–H and O–H groups in total. The van der Waals surface area contributed by atoms with E-state index in [0.29, 0.717) is 16.8 Å². The van der Waals surface area contributed by atoms with Crippen molar-refractivity contribution in [2.45, 2.75) is 6.18 Å². The predicted octanol–water partition coefficient (Wildman–Crippen LogP) is 5.48. The summed E-state index contributed by atoms with van der Waals surface area (Å²) in [5.74, 6) is 0. The molecule has 0 spiro atoms. The minimum Gasteiger partial charge on any atom is -0.226 e. The summed E-state index contributed by atoms with van der Waals surface area (Å²) in [6.45, 7) is 0. The molecule has 3 rings (SSSR count). The molecule has 0 aliphatic heterocycles. The monoisotopic (exact) mass is 334 g/mol. The normalized spacial score (nSPS) is 11.5. The van der Waals surface area contributed by atoms with Crippen molar-refractivity contribution < 1.29 is 13.2 Å². The van der Waals surface area contributed by atoms with E-state index in [1.807, 2.05) is 0 Å². The summed E-state index contributed by atoms with van der Waals surface area (Å²) in [6, 6.07) is 13.9. The van der Waals surface area contributed by atoms with Gasteiger partial charge in [-0.1, -0.05) is 36.4 Å². The lowest BCUT2D eigenvalue weighted by Gasteiger charge is -2.13. The number of halogens is 4. The van der Waals surface area contributed by atoms with Gasteiger partial charge in [-0.25, -0.2) is 9.97 Å². The first kappa shape index (κ1) is 15.5. The molecular weight excluding hydrogens is 325 g/mol. The maximum Gasteiger partial charge on any atom is 0.417 e. The molecule has 1 aromatic heterocycles. The average molecular weight is 335 g/mol. The zero-order valence-electron chi connectivity index (χ0n) is 11.7. The molecule has 0 aliphatic rings. The molecule has 116 valence electrons. The standard InChI is InChI=1S/C17H10ClF3N2/c18-16-22-9-8-15(23-16)12-5-3-4-11(10-12)13-6-1-2-7-14(13)17(19,20)21/h1-10H. The number of nitrogens with zero attached hydrogens (tertiary/aromatic N) is 2. The number of benzene rings is 2. The first-order chi connectivity index (χ1) is 10.9. The summed E-state index contributed by atoms with van der Waals surface area (Å²) < 4.78 is 39.5. The van der Waals surface area contributed by atoms with Gasteiger partial charge in [0.2, 0.25) is 5.28 Å². The van der Waals surface area contributed by atoms with Crippen LogP contribution in [0.5, 0.6) is 0 Å². The van der Waals surface area contributed by atoms with E-state index in [2.05, 4.69) is 9.97 Å². The van der Waals surface area contributed by atoms with Crippen LogP contribution in [0.25, 0.3) is 22.4 Å². The molecule has 0 saturated heterocycles. The molecule has 0 saturated carbocycles. The molecule has 0 radical (unpaired) electrons. The van der Waals surface area contributed by atoms with E-state index in [1.165, 1.54) is 18.3 Å². The molecular formula is C17H10ClF3N2. The molecule has 0 fully saturated rings. The zero-order valence-corrected chi connectivity index (χ0v) is 12.4. The van der Waals surface area contributed by atoms with Crippen LogP contribution in [0.4, 0.5) is 13.2 Å². The third-order valence-electron chi connectivity index (χ3n) is 3.33. The van der Waals surface area contributed by atoms with Crippen molar-refractivity contribution in [3.63, 3.8) is 0 Å². The summed E-state index contributed by atoms with van der Waals surface area (Å²) >= 11 is 5.77. The third kappa shape index (κ3) is 3.35. The van der Waals surface area contributed by atoms with Crippen LogP contribution in [-0.4, -0.2) is 9.97 Å². The van der Waals surface area contributed by atoms with Gasteiger partial charge in [-0.3, -0.25) is 0 Å². The van der Waals surface area contributed by atoms with Crippen molar-refractivity contribution in [1.82, 2.24) is 9.97 Å². The van der Waals surface area contributed by atoms with Gasteiger partial charge in [-0.15, -0.1) is 0 Å². The molecule has 0 unspecified atom stereocenters. The van der Waals surface area contributed by atoms with Crippen LogP contribution in [0.2, 0.25) is 5.28 Å². The number of rotatable bonds is 2. The van der Waals surface area contributed by atoms with Crippen molar-refractivity contribution in [3.05, 3.63) is 71.6 Å². The van der Waals surface area contributed by atoms with Crippen molar-refractivity contribution in [2.24, 2.45) is 0 Å². The highest BCUT2D eigenvalue weighted by atomic mass is 35.5. The molecule has 2 aromatic carbocycles. The number of aromatic nitrogens is 2. The second-order valence-corrected chi connectivity index (χ2v) is 5.17. The molecule has 0 aliphatic carbocycles. The van der Waals surface area contributed by atoms with Gasteiger partial charge < -0.3 is 0 Å². The van der Waals surface area contributed by atoms with Crippen LogP contribution < -0.4 is 0 Å².